The number of aldehydes is 1. The van der Waals surface area contributed by atoms with Gasteiger partial charge in [-0.05, 0) is 13.8 Å². The Morgan fingerprint density at radius 2 is 2.29 bits per heavy atom. The fraction of sp³-hybridized carbons (Fsp3) is 0.273. The molecule has 1 unspecified atom stereocenters. The molecule has 0 bridgehead atoms. The predicted molar refractivity (Wildman–Crippen MR) is 58.1 cm³/mol. The standard InChI is InChI=1S/C11H10ClNO/c1-3-4-9-5-6-10(7-14)11(12)13-8(9)2/h3-4,7,9H,1-2H3/b4-3-. The molecule has 2 nitrogen and oxygen atoms in total. The zero-order valence-electron chi connectivity index (χ0n) is 8.04. The smallest absolute Gasteiger partial charge is 0.161 e. The first-order chi connectivity index (χ1) is 6.69. The number of carbonyl (C=O) groups is 1. The molecule has 0 aromatic rings. The van der Waals surface area contributed by atoms with Crippen LogP contribution in [0.1, 0.15) is 13.8 Å². The van der Waals surface area contributed by atoms with E-state index in [1.165, 1.54) is 0 Å². The first kappa shape index (κ1) is 10.7. The number of rotatable bonds is 2. The minimum atomic E-state index is -0.0498. The quantitative estimate of drug-likeness (QED) is 0.296. The molecule has 0 amide bonds. The highest BCUT2D eigenvalue weighted by Gasteiger charge is 2.10. The van der Waals surface area contributed by atoms with Gasteiger partial charge in [0.1, 0.15) is 10.7 Å². The van der Waals surface area contributed by atoms with Crippen LogP contribution in [0.25, 0.3) is 0 Å². The number of aliphatic imine (C=N–C) groups is 1. The summed E-state index contributed by atoms with van der Waals surface area (Å²) < 4.78 is 0. The molecule has 0 saturated heterocycles. The molecular weight excluding hydrogens is 198 g/mol. The van der Waals surface area contributed by atoms with Gasteiger partial charge in [-0.1, -0.05) is 35.6 Å². The molecule has 1 rings (SSSR count). The molecule has 72 valence electrons. The van der Waals surface area contributed by atoms with Crippen molar-refractivity contribution in [3.05, 3.63) is 22.9 Å². The highest BCUT2D eigenvalue weighted by atomic mass is 35.5. The van der Waals surface area contributed by atoms with Crippen LogP contribution in [0, 0.1) is 17.8 Å². The second-order valence-electron chi connectivity index (χ2n) is 2.85. The van der Waals surface area contributed by atoms with E-state index in [0.29, 0.717) is 6.29 Å². The summed E-state index contributed by atoms with van der Waals surface area (Å²) in [6, 6.07) is 0. The monoisotopic (exact) mass is 207 g/mol. The average molecular weight is 208 g/mol. The van der Waals surface area contributed by atoms with Crippen molar-refractivity contribution in [3.63, 3.8) is 0 Å². The van der Waals surface area contributed by atoms with Gasteiger partial charge < -0.3 is 0 Å². The minimum Gasteiger partial charge on any atom is -0.297 e. The summed E-state index contributed by atoms with van der Waals surface area (Å²) >= 11 is 5.78. The molecule has 14 heavy (non-hydrogen) atoms. The molecule has 1 aliphatic heterocycles. The van der Waals surface area contributed by atoms with Crippen LogP contribution >= 0.6 is 11.6 Å². The van der Waals surface area contributed by atoms with Crippen LogP contribution in [-0.2, 0) is 4.79 Å². The van der Waals surface area contributed by atoms with Crippen molar-refractivity contribution < 1.29 is 4.79 Å². The van der Waals surface area contributed by atoms with Crippen LogP contribution < -0.4 is 0 Å². The second kappa shape index (κ2) is 4.78. The van der Waals surface area contributed by atoms with Gasteiger partial charge in [-0.3, -0.25) is 4.79 Å². The van der Waals surface area contributed by atoms with Crippen molar-refractivity contribution >= 4 is 23.6 Å². The van der Waals surface area contributed by atoms with Gasteiger partial charge in [0.25, 0.3) is 0 Å². The molecule has 0 saturated carbocycles. The summed E-state index contributed by atoms with van der Waals surface area (Å²) in [5.41, 5.74) is 1.05. The Morgan fingerprint density at radius 3 is 2.86 bits per heavy atom. The van der Waals surface area contributed by atoms with Crippen molar-refractivity contribution in [2.24, 2.45) is 10.9 Å². The molecule has 1 heterocycles. The van der Waals surface area contributed by atoms with Gasteiger partial charge in [-0.15, -0.1) is 0 Å². The summed E-state index contributed by atoms with van der Waals surface area (Å²) in [6.45, 7) is 3.75. The lowest BCUT2D eigenvalue weighted by atomic mass is 10.1. The van der Waals surface area contributed by atoms with E-state index < -0.39 is 0 Å². The first-order valence-corrected chi connectivity index (χ1v) is 4.61. The third-order valence-electron chi connectivity index (χ3n) is 1.81. The lowest BCUT2D eigenvalue weighted by Crippen LogP contribution is -2.04. The SMILES string of the molecule is C/C=C\C1C#CC(C=O)=C(Cl)N=C1C. The van der Waals surface area contributed by atoms with Gasteiger partial charge in [0.05, 0.1) is 5.92 Å². The molecule has 0 fully saturated rings. The highest BCUT2D eigenvalue weighted by Crippen LogP contribution is 2.15. The summed E-state index contributed by atoms with van der Waals surface area (Å²) in [5.74, 6) is 5.58. The van der Waals surface area contributed by atoms with Gasteiger partial charge in [-0.25, -0.2) is 4.99 Å². The van der Waals surface area contributed by atoms with Crippen LogP contribution in [-0.4, -0.2) is 12.0 Å². The number of nitrogens with zero attached hydrogens (tertiary/aromatic N) is 1. The van der Waals surface area contributed by atoms with Crippen LogP contribution in [0.5, 0.6) is 0 Å². The Kier molecular flexibility index (Phi) is 3.67. The summed E-state index contributed by atoms with van der Waals surface area (Å²) in [7, 11) is 0. The zero-order chi connectivity index (χ0) is 10.6. The first-order valence-electron chi connectivity index (χ1n) is 4.23. The van der Waals surface area contributed by atoms with E-state index >= 15 is 0 Å². The second-order valence-corrected chi connectivity index (χ2v) is 3.21. The maximum atomic E-state index is 10.6. The van der Waals surface area contributed by atoms with Crippen molar-refractivity contribution in [3.8, 4) is 11.8 Å². The Bertz CT molecular complexity index is 393. The number of hydrogen-bond acceptors (Lipinski definition) is 2. The van der Waals surface area contributed by atoms with Crippen molar-refractivity contribution in [2.75, 3.05) is 0 Å². The van der Waals surface area contributed by atoms with E-state index in [1.54, 1.807) is 0 Å². The van der Waals surface area contributed by atoms with Gasteiger partial charge in [0.15, 0.2) is 6.29 Å². The molecule has 0 aromatic heterocycles. The Hall–Kier alpha value is -1.33. The normalized spacial score (nSPS) is 21.4. The van der Waals surface area contributed by atoms with Crippen molar-refractivity contribution in [2.45, 2.75) is 13.8 Å². The summed E-state index contributed by atoms with van der Waals surface area (Å²) in [4.78, 5) is 14.6. The zero-order valence-corrected chi connectivity index (χ0v) is 8.80. The van der Waals surface area contributed by atoms with E-state index in [-0.39, 0.29) is 16.6 Å². The third kappa shape index (κ3) is 2.34. The van der Waals surface area contributed by atoms with Gasteiger partial charge >= 0.3 is 0 Å². The van der Waals surface area contributed by atoms with Crippen LogP contribution in [0.15, 0.2) is 27.9 Å². The average Bonchev–Trinajstić information content (AvgIpc) is 2.28. The maximum absolute atomic E-state index is 10.6. The Labute approximate surface area is 88.4 Å². The van der Waals surface area contributed by atoms with Crippen LogP contribution in [0.2, 0.25) is 0 Å². The number of carbonyl (C=O) groups excluding carboxylic acids is 1. The molecule has 1 aliphatic rings. The number of allylic oxidation sites excluding steroid dienone is 3. The number of hydrogen-bond donors (Lipinski definition) is 0. The molecule has 0 radical (unpaired) electrons. The van der Waals surface area contributed by atoms with E-state index in [2.05, 4.69) is 16.8 Å². The largest absolute Gasteiger partial charge is 0.297 e. The van der Waals surface area contributed by atoms with Gasteiger partial charge in [0.2, 0.25) is 0 Å². The van der Waals surface area contributed by atoms with Crippen LogP contribution in [0.3, 0.4) is 0 Å². The van der Waals surface area contributed by atoms with Gasteiger partial charge in [0, 0.05) is 5.71 Å². The fourth-order valence-electron chi connectivity index (χ4n) is 1.05. The van der Waals surface area contributed by atoms with Gasteiger partial charge in [-0.2, -0.15) is 0 Å². The highest BCUT2D eigenvalue weighted by molar-refractivity contribution is 6.32. The van der Waals surface area contributed by atoms with E-state index in [1.807, 2.05) is 26.0 Å². The third-order valence-corrected chi connectivity index (χ3v) is 2.10. The molecule has 1 atom stereocenters. The van der Waals surface area contributed by atoms with E-state index in [0.717, 1.165) is 5.71 Å². The maximum Gasteiger partial charge on any atom is 0.161 e. The van der Waals surface area contributed by atoms with Crippen molar-refractivity contribution in [1.82, 2.24) is 0 Å². The minimum absolute atomic E-state index is 0.0498. The lowest BCUT2D eigenvalue weighted by Gasteiger charge is -2.02. The lowest BCUT2D eigenvalue weighted by molar-refractivity contribution is -0.104. The molecule has 0 aromatic carbocycles. The van der Waals surface area contributed by atoms with Crippen molar-refractivity contribution in [1.29, 1.82) is 0 Å². The molecule has 0 N–H and O–H groups in total. The fourth-order valence-corrected chi connectivity index (χ4v) is 1.28. The molecule has 0 spiro atoms. The predicted octanol–water partition coefficient (Wildman–Crippen LogP) is 2.31. The molecule has 3 heteroatoms. The topological polar surface area (TPSA) is 29.4 Å². The van der Waals surface area contributed by atoms with E-state index in [4.69, 9.17) is 11.6 Å². The summed E-state index contributed by atoms with van der Waals surface area (Å²) in [6.07, 6.45) is 4.45. The molecular formula is C11H10ClNO. The van der Waals surface area contributed by atoms with E-state index in [9.17, 15) is 4.79 Å². The summed E-state index contributed by atoms with van der Waals surface area (Å²) in [5, 5.41) is 0.178. The van der Waals surface area contributed by atoms with Crippen LogP contribution in [0.4, 0.5) is 0 Å². The Balaban J connectivity index is 3.13. The molecule has 0 aliphatic carbocycles. The number of halogens is 1. The Morgan fingerprint density at radius 1 is 1.57 bits per heavy atom.